The van der Waals surface area contributed by atoms with E-state index in [-0.39, 0.29) is 29.2 Å². The van der Waals surface area contributed by atoms with E-state index in [0.717, 1.165) is 19.3 Å². The molecule has 108 valence electrons. The second-order valence-corrected chi connectivity index (χ2v) is 8.88. The van der Waals surface area contributed by atoms with Crippen LogP contribution in [0.2, 0.25) is 0 Å². The number of aliphatic hydroxyl groups excluding tert-OH is 1. The van der Waals surface area contributed by atoms with Crippen LogP contribution in [0.4, 0.5) is 0 Å². The van der Waals surface area contributed by atoms with Crippen molar-refractivity contribution in [1.29, 1.82) is 0 Å². The Hall–Kier alpha value is -0.130. The molecule has 1 aliphatic rings. The van der Waals surface area contributed by atoms with E-state index in [1.807, 2.05) is 27.7 Å². The Morgan fingerprint density at radius 3 is 2.50 bits per heavy atom. The molecule has 0 radical (unpaired) electrons. The van der Waals surface area contributed by atoms with E-state index in [0.29, 0.717) is 6.42 Å². The molecule has 2 unspecified atom stereocenters. The van der Waals surface area contributed by atoms with Gasteiger partial charge in [-0.2, -0.15) is 0 Å². The van der Waals surface area contributed by atoms with Gasteiger partial charge >= 0.3 is 0 Å². The topological polar surface area (TPSA) is 66.4 Å². The van der Waals surface area contributed by atoms with Crippen molar-refractivity contribution in [2.75, 3.05) is 12.4 Å². The van der Waals surface area contributed by atoms with E-state index in [2.05, 4.69) is 4.72 Å². The van der Waals surface area contributed by atoms with Crippen molar-refractivity contribution in [3.8, 4) is 0 Å². The first-order valence-corrected chi connectivity index (χ1v) is 8.34. The van der Waals surface area contributed by atoms with Gasteiger partial charge in [0.2, 0.25) is 10.0 Å². The third-order valence-electron chi connectivity index (χ3n) is 3.89. The van der Waals surface area contributed by atoms with Crippen LogP contribution < -0.4 is 4.72 Å². The van der Waals surface area contributed by atoms with Gasteiger partial charge in [-0.25, -0.2) is 13.1 Å². The zero-order valence-corrected chi connectivity index (χ0v) is 12.8. The number of sulfonamides is 1. The summed E-state index contributed by atoms with van der Waals surface area (Å²) in [6.45, 7) is 8.11. The van der Waals surface area contributed by atoms with E-state index in [1.54, 1.807) is 0 Å². The summed E-state index contributed by atoms with van der Waals surface area (Å²) in [5, 5.41) is 9.42. The number of hydrogen-bond donors (Lipinski definition) is 2. The molecule has 0 saturated heterocycles. The lowest BCUT2D eigenvalue weighted by atomic mass is 9.86. The molecule has 4 nitrogen and oxygen atoms in total. The zero-order valence-electron chi connectivity index (χ0n) is 12.0. The van der Waals surface area contributed by atoms with Gasteiger partial charge in [0.1, 0.15) is 0 Å². The molecule has 2 atom stereocenters. The highest BCUT2D eigenvalue weighted by Crippen LogP contribution is 2.37. The van der Waals surface area contributed by atoms with Gasteiger partial charge < -0.3 is 5.11 Å². The summed E-state index contributed by atoms with van der Waals surface area (Å²) in [5.74, 6) is 0.161. The molecule has 1 saturated carbocycles. The molecule has 0 amide bonds. The third kappa shape index (κ3) is 4.52. The van der Waals surface area contributed by atoms with Crippen molar-refractivity contribution in [1.82, 2.24) is 4.72 Å². The zero-order chi connectivity index (χ0) is 14.0. The maximum absolute atomic E-state index is 12.0. The van der Waals surface area contributed by atoms with Gasteiger partial charge in [0.15, 0.2) is 0 Å². The molecule has 1 rings (SSSR count). The van der Waals surface area contributed by atoms with Gasteiger partial charge in [-0.3, -0.25) is 0 Å². The van der Waals surface area contributed by atoms with Gasteiger partial charge in [0.25, 0.3) is 0 Å². The summed E-state index contributed by atoms with van der Waals surface area (Å²) in [5.41, 5.74) is -0.278. The van der Waals surface area contributed by atoms with Gasteiger partial charge in [0, 0.05) is 18.1 Å². The molecule has 0 heterocycles. The first-order chi connectivity index (χ1) is 8.08. The molecular formula is C13H27NO3S. The average molecular weight is 277 g/mol. The van der Waals surface area contributed by atoms with Crippen LogP contribution >= 0.6 is 0 Å². The summed E-state index contributed by atoms with van der Waals surface area (Å²) in [6.07, 6.45) is 3.33. The molecular weight excluding hydrogens is 250 g/mol. The maximum atomic E-state index is 12.0. The largest absolute Gasteiger partial charge is 0.396 e. The second-order valence-electron chi connectivity index (χ2n) is 7.00. The molecule has 0 aromatic heterocycles. The predicted molar refractivity (Wildman–Crippen MR) is 73.8 cm³/mol. The van der Waals surface area contributed by atoms with Crippen LogP contribution in [-0.2, 0) is 10.0 Å². The maximum Gasteiger partial charge on any atom is 0.211 e. The average Bonchev–Trinajstić information content (AvgIpc) is 2.57. The fourth-order valence-electron chi connectivity index (χ4n) is 2.34. The minimum Gasteiger partial charge on any atom is -0.396 e. The summed E-state index contributed by atoms with van der Waals surface area (Å²) >= 11 is 0. The number of rotatable bonds is 5. The number of nitrogens with one attached hydrogen (secondary N) is 1. The van der Waals surface area contributed by atoms with E-state index >= 15 is 0 Å². The predicted octanol–water partition coefficient (Wildman–Crippen LogP) is 1.89. The van der Waals surface area contributed by atoms with Gasteiger partial charge in [0.05, 0.1) is 5.75 Å². The normalized spacial score (nSPS) is 29.7. The van der Waals surface area contributed by atoms with Crippen molar-refractivity contribution >= 4 is 10.0 Å². The van der Waals surface area contributed by atoms with Crippen LogP contribution in [0, 0.1) is 10.8 Å². The Labute approximate surface area is 111 Å². The molecule has 0 aromatic carbocycles. The highest BCUT2D eigenvalue weighted by molar-refractivity contribution is 7.89. The van der Waals surface area contributed by atoms with Crippen LogP contribution in [0.3, 0.4) is 0 Å². The summed E-state index contributed by atoms with van der Waals surface area (Å²) < 4.78 is 26.9. The Morgan fingerprint density at radius 2 is 2.00 bits per heavy atom. The van der Waals surface area contributed by atoms with Crippen molar-refractivity contribution in [2.24, 2.45) is 10.8 Å². The van der Waals surface area contributed by atoms with Crippen LogP contribution in [0.5, 0.6) is 0 Å². The van der Waals surface area contributed by atoms with Crippen molar-refractivity contribution in [2.45, 2.75) is 59.4 Å². The first-order valence-electron chi connectivity index (χ1n) is 6.69. The highest BCUT2D eigenvalue weighted by Gasteiger charge is 2.40. The van der Waals surface area contributed by atoms with Crippen molar-refractivity contribution in [3.63, 3.8) is 0 Å². The molecule has 1 aliphatic carbocycles. The summed E-state index contributed by atoms with van der Waals surface area (Å²) in [6, 6.07) is -0.118. The van der Waals surface area contributed by atoms with Crippen LogP contribution in [0.25, 0.3) is 0 Å². The Morgan fingerprint density at radius 1 is 1.39 bits per heavy atom. The molecule has 0 aromatic rings. The van der Waals surface area contributed by atoms with E-state index < -0.39 is 10.0 Å². The summed E-state index contributed by atoms with van der Waals surface area (Å²) in [4.78, 5) is 0. The van der Waals surface area contributed by atoms with Crippen LogP contribution in [0.15, 0.2) is 0 Å². The van der Waals surface area contributed by atoms with E-state index in [1.165, 1.54) is 0 Å². The van der Waals surface area contributed by atoms with Gasteiger partial charge in [-0.15, -0.1) is 0 Å². The smallest absolute Gasteiger partial charge is 0.211 e. The quantitative estimate of drug-likeness (QED) is 0.806. The Bertz CT molecular complexity index is 372. The van der Waals surface area contributed by atoms with E-state index in [4.69, 9.17) is 0 Å². The van der Waals surface area contributed by atoms with Crippen LogP contribution in [-0.4, -0.2) is 31.9 Å². The van der Waals surface area contributed by atoms with E-state index in [9.17, 15) is 13.5 Å². The molecule has 0 bridgehead atoms. The summed E-state index contributed by atoms with van der Waals surface area (Å²) in [7, 11) is -3.24. The highest BCUT2D eigenvalue weighted by atomic mass is 32.2. The lowest BCUT2D eigenvalue weighted by Gasteiger charge is -2.30. The third-order valence-corrected chi connectivity index (χ3v) is 5.27. The Kier molecular flexibility index (Phi) is 4.84. The molecule has 5 heteroatoms. The van der Waals surface area contributed by atoms with Crippen LogP contribution in [0.1, 0.15) is 53.4 Å². The minimum atomic E-state index is -3.24. The van der Waals surface area contributed by atoms with Gasteiger partial charge in [-0.05, 0) is 24.7 Å². The molecule has 1 fully saturated rings. The lowest BCUT2D eigenvalue weighted by molar-refractivity contribution is 0.127. The monoisotopic (exact) mass is 277 g/mol. The SMILES string of the molecule is CC(C)(C)CCS(=O)(=O)NC1CCCC1(C)CO. The molecule has 18 heavy (non-hydrogen) atoms. The minimum absolute atomic E-state index is 0.0186. The Balaban J connectivity index is 2.61. The lowest BCUT2D eigenvalue weighted by Crippen LogP contribution is -2.45. The fraction of sp³-hybridized carbons (Fsp3) is 1.00. The molecule has 0 spiro atoms. The second kappa shape index (κ2) is 5.47. The van der Waals surface area contributed by atoms with Crippen molar-refractivity contribution < 1.29 is 13.5 Å². The van der Waals surface area contributed by atoms with Gasteiger partial charge in [-0.1, -0.05) is 34.1 Å². The molecule has 2 N–H and O–H groups in total. The first kappa shape index (κ1) is 15.9. The number of aliphatic hydroxyl groups is 1. The number of hydrogen-bond acceptors (Lipinski definition) is 3. The standard InChI is InChI=1S/C13H27NO3S/c1-12(2,3)8-9-18(16,17)14-11-6-5-7-13(11,4)10-15/h11,14-15H,5-10H2,1-4H3. The molecule has 0 aliphatic heterocycles. The fourth-order valence-corrected chi connectivity index (χ4v) is 4.17. The van der Waals surface area contributed by atoms with Crippen molar-refractivity contribution in [3.05, 3.63) is 0 Å².